The van der Waals surface area contributed by atoms with Crippen LogP contribution in [0.5, 0.6) is 0 Å². The molecular weight excluding hydrogens is 152 g/mol. The fourth-order valence-electron chi connectivity index (χ4n) is 1.74. The molecule has 0 spiro atoms. The maximum absolute atomic E-state index is 5.28. The molecule has 12 heavy (non-hydrogen) atoms. The van der Waals surface area contributed by atoms with Crippen LogP contribution in [-0.2, 0) is 9.47 Å². The molecule has 0 radical (unpaired) electrons. The highest BCUT2D eigenvalue weighted by molar-refractivity contribution is 4.72. The van der Waals surface area contributed by atoms with Crippen molar-refractivity contribution in [3.63, 3.8) is 0 Å². The summed E-state index contributed by atoms with van der Waals surface area (Å²) in [5, 5.41) is 0. The van der Waals surface area contributed by atoms with Gasteiger partial charge in [-0.3, -0.25) is 0 Å². The first-order chi connectivity index (χ1) is 5.86. The van der Waals surface area contributed by atoms with Crippen LogP contribution in [0.25, 0.3) is 0 Å². The van der Waals surface area contributed by atoms with Crippen LogP contribution in [0.1, 0.15) is 25.7 Å². The highest BCUT2D eigenvalue weighted by atomic mass is 16.5. The SMILES string of the molecule is C=COCC1CCC(OC)CC1. The second kappa shape index (κ2) is 5.20. The lowest BCUT2D eigenvalue weighted by molar-refractivity contribution is 0.0436. The van der Waals surface area contributed by atoms with E-state index >= 15 is 0 Å². The van der Waals surface area contributed by atoms with Crippen LogP contribution in [0.4, 0.5) is 0 Å². The molecule has 1 aliphatic rings. The molecule has 0 unspecified atom stereocenters. The van der Waals surface area contributed by atoms with E-state index in [1.807, 2.05) is 0 Å². The zero-order valence-corrected chi connectivity index (χ0v) is 7.79. The molecule has 0 aliphatic heterocycles. The van der Waals surface area contributed by atoms with E-state index in [4.69, 9.17) is 9.47 Å². The number of hydrogen-bond acceptors (Lipinski definition) is 2. The van der Waals surface area contributed by atoms with Crippen LogP contribution in [0.2, 0.25) is 0 Å². The Balaban J connectivity index is 2.12. The standard InChI is InChI=1S/C10H18O2/c1-3-12-8-9-4-6-10(11-2)7-5-9/h3,9-10H,1,4-8H2,2H3. The Labute approximate surface area is 74.6 Å². The molecule has 0 amide bonds. The molecular formula is C10H18O2. The molecule has 0 heterocycles. The molecule has 0 aromatic carbocycles. The van der Waals surface area contributed by atoms with Gasteiger partial charge in [-0.25, -0.2) is 0 Å². The van der Waals surface area contributed by atoms with Crippen molar-refractivity contribution < 1.29 is 9.47 Å². The largest absolute Gasteiger partial charge is 0.502 e. The Morgan fingerprint density at radius 1 is 1.33 bits per heavy atom. The lowest BCUT2D eigenvalue weighted by atomic mass is 9.88. The van der Waals surface area contributed by atoms with E-state index in [0.29, 0.717) is 6.10 Å². The zero-order chi connectivity index (χ0) is 8.81. The number of methoxy groups -OCH3 is 1. The summed E-state index contributed by atoms with van der Waals surface area (Å²) in [5.74, 6) is 0.717. The van der Waals surface area contributed by atoms with Gasteiger partial charge >= 0.3 is 0 Å². The lowest BCUT2D eigenvalue weighted by Crippen LogP contribution is -2.22. The van der Waals surface area contributed by atoms with Gasteiger partial charge in [0.1, 0.15) is 0 Å². The van der Waals surface area contributed by atoms with Crippen LogP contribution in [-0.4, -0.2) is 19.8 Å². The summed E-state index contributed by atoms with van der Waals surface area (Å²) in [6.07, 6.45) is 6.84. The van der Waals surface area contributed by atoms with Gasteiger partial charge in [-0.1, -0.05) is 6.58 Å². The molecule has 1 rings (SSSR count). The minimum atomic E-state index is 0.491. The van der Waals surface area contributed by atoms with Gasteiger partial charge in [0.05, 0.1) is 19.0 Å². The summed E-state index contributed by atoms with van der Waals surface area (Å²) in [5.41, 5.74) is 0. The van der Waals surface area contributed by atoms with Gasteiger partial charge in [0.15, 0.2) is 0 Å². The first-order valence-electron chi connectivity index (χ1n) is 4.62. The Hall–Kier alpha value is -0.500. The van der Waals surface area contributed by atoms with Gasteiger partial charge in [0.25, 0.3) is 0 Å². The Morgan fingerprint density at radius 2 is 2.00 bits per heavy atom. The van der Waals surface area contributed by atoms with Crippen molar-refractivity contribution in [2.75, 3.05) is 13.7 Å². The predicted molar refractivity (Wildman–Crippen MR) is 48.9 cm³/mol. The van der Waals surface area contributed by atoms with Gasteiger partial charge in [0, 0.05) is 7.11 Å². The quantitative estimate of drug-likeness (QED) is 0.603. The minimum absolute atomic E-state index is 0.491. The molecule has 0 atom stereocenters. The van der Waals surface area contributed by atoms with Crippen molar-refractivity contribution in [2.24, 2.45) is 5.92 Å². The van der Waals surface area contributed by atoms with E-state index in [1.165, 1.54) is 31.9 Å². The van der Waals surface area contributed by atoms with E-state index in [0.717, 1.165) is 12.5 Å². The molecule has 0 aromatic heterocycles. The molecule has 70 valence electrons. The monoisotopic (exact) mass is 170 g/mol. The van der Waals surface area contributed by atoms with Crippen molar-refractivity contribution in [2.45, 2.75) is 31.8 Å². The molecule has 0 bridgehead atoms. The van der Waals surface area contributed by atoms with Gasteiger partial charge in [-0.15, -0.1) is 0 Å². The summed E-state index contributed by atoms with van der Waals surface area (Å²) >= 11 is 0. The third-order valence-corrected chi connectivity index (χ3v) is 2.58. The molecule has 2 heteroatoms. The summed E-state index contributed by atoms with van der Waals surface area (Å²) in [4.78, 5) is 0. The third-order valence-electron chi connectivity index (χ3n) is 2.58. The Kier molecular flexibility index (Phi) is 4.15. The average molecular weight is 170 g/mol. The Morgan fingerprint density at radius 3 is 2.50 bits per heavy atom. The van der Waals surface area contributed by atoms with E-state index < -0.39 is 0 Å². The molecule has 0 saturated heterocycles. The van der Waals surface area contributed by atoms with Crippen molar-refractivity contribution in [1.29, 1.82) is 0 Å². The van der Waals surface area contributed by atoms with Crippen LogP contribution in [0.3, 0.4) is 0 Å². The Bertz CT molecular complexity index is 126. The number of ether oxygens (including phenoxy) is 2. The van der Waals surface area contributed by atoms with Crippen LogP contribution >= 0.6 is 0 Å². The normalized spacial score (nSPS) is 29.8. The average Bonchev–Trinajstić information content (AvgIpc) is 2.15. The third kappa shape index (κ3) is 2.86. The number of hydrogen-bond donors (Lipinski definition) is 0. The first-order valence-corrected chi connectivity index (χ1v) is 4.62. The molecule has 0 N–H and O–H groups in total. The highest BCUT2D eigenvalue weighted by Gasteiger charge is 2.20. The predicted octanol–water partition coefficient (Wildman–Crippen LogP) is 2.35. The second-order valence-electron chi connectivity index (χ2n) is 3.38. The fraction of sp³-hybridized carbons (Fsp3) is 0.800. The maximum atomic E-state index is 5.28. The smallest absolute Gasteiger partial charge is 0.0901 e. The summed E-state index contributed by atoms with van der Waals surface area (Å²) in [6, 6.07) is 0. The molecule has 1 aliphatic carbocycles. The fourth-order valence-corrected chi connectivity index (χ4v) is 1.74. The first kappa shape index (κ1) is 9.59. The molecule has 0 aromatic rings. The van der Waals surface area contributed by atoms with Crippen LogP contribution in [0, 0.1) is 5.92 Å². The topological polar surface area (TPSA) is 18.5 Å². The summed E-state index contributed by atoms with van der Waals surface area (Å²) < 4.78 is 10.4. The van der Waals surface area contributed by atoms with Crippen molar-refractivity contribution in [1.82, 2.24) is 0 Å². The van der Waals surface area contributed by atoms with Crippen molar-refractivity contribution in [3.8, 4) is 0 Å². The van der Waals surface area contributed by atoms with E-state index in [1.54, 1.807) is 7.11 Å². The van der Waals surface area contributed by atoms with Gasteiger partial charge < -0.3 is 9.47 Å². The van der Waals surface area contributed by atoms with Gasteiger partial charge in [0.2, 0.25) is 0 Å². The molecule has 2 nitrogen and oxygen atoms in total. The van der Waals surface area contributed by atoms with E-state index in [9.17, 15) is 0 Å². The van der Waals surface area contributed by atoms with Gasteiger partial charge in [-0.05, 0) is 31.6 Å². The van der Waals surface area contributed by atoms with Gasteiger partial charge in [-0.2, -0.15) is 0 Å². The van der Waals surface area contributed by atoms with Crippen molar-refractivity contribution >= 4 is 0 Å². The van der Waals surface area contributed by atoms with Crippen LogP contribution < -0.4 is 0 Å². The maximum Gasteiger partial charge on any atom is 0.0901 e. The zero-order valence-electron chi connectivity index (χ0n) is 7.79. The summed E-state index contributed by atoms with van der Waals surface area (Å²) in [6.45, 7) is 4.36. The van der Waals surface area contributed by atoms with E-state index in [2.05, 4.69) is 6.58 Å². The highest BCUT2D eigenvalue weighted by Crippen LogP contribution is 2.25. The van der Waals surface area contributed by atoms with Crippen LogP contribution in [0.15, 0.2) is 12.8 Å². The minimum Gasteiger partial charge on any atom is -0.502 e. The lowest BCUT2D eigenvalue weighted by Gasteiger charge is -2.26. The molecule has 1 fully saturated rings. The summed E-state index contributed by atoms with van der Waals surface area (Å²) in [7, 11) is 1.80. The van der Waals surface area contributed by atoms with E-state index in [-0.39, 0.29) is 0 Å². The number of rotatable bonds is 4. The van der Waals surface area contributed by atoms with Crippen molar-refractivity contribution in [3.05, 3.63) is 12.8 Å². The molecule has 1 saturated carbocycles. The second-order valence-corrected chi connectivity index (χ2v) is 3.38.